The molecule has 0 unspecified atom stereocenters. The number of benzene rings is 1. The molecule has 1 aliphatic rings. The van der Waals surface area contributed by atoms with Crippen molar-refractivity contribution in [1.82, 2.24) is 9.29 Å². The number of aromatic nitrogens is 1. The predicted octanol–water partition coefficient (Wildman–Crippen LogP) is 2.46. The van der Waals surface area contributed by atoms with Crippen LogP contribution in [0.25, 0.3) is 0 Å². The van der Waals surface area contributed by atoms with Gasteiger partial charge in [0.25, 0.3) is 5.69 Å². The molecule has 0 atom stereocenters. The second-order valence-corrected chi connectivity index (χ2v) is 7.61. The van der Waals surface area contributed by atoms with E-state index in [1.807, 2.05) is 0 Å². The quantitative estimate of drug-likeness (QED) is 0.561. The first-order valence-corrected chi connectivity index (χ1v) is 8.97. The zero-order chi connectivity index (χ0) is 19.8. The van der Waals surface area contributed by atoms with Crippen molar-refractivity contribution in [3.63, 3.8) is 0 Å². The lowest BCUT2D eigenvalue weighted by Crippen LogP contribution is -2.56. The Kier molecular flexibility index (Phi) is 4.78. The van der Waals surface area contributed by atoms with Gasteiger partial charge in [0.2, 0.25) is 15.9 Å². The van der Waals surface area contributed by atoms with Crippen LogP contribution >= 0.6 is 0 Å². The van der Waals surface area contributed by atoms with Crippen LogP contribution in [0.2, 0.25) is 0 Å². The average Bonchev–Trinajstić information content (AvgIpc) is 2.57. The van der Waals surface area contributed by atoms with Gasteiger partial charge in [0.05, 0.1) is 22.9 Å². The van der Waals surface area contributed by atoms with Crippen LogP contribution in [0.15, 0.2) is 47.4 Å². The van der Waals surface area contributed by atoms with E-state index in [9.17, 15) is 31.7 Å². The fraction of sp³-hybridized carbons (Fsp3) is 0.267. The van der Waals surface area contributed by atoms with Crippen molar-refractivity contribution in [2.24, 2.45) is 0 Å². The van der Waals surface area contributed by atoms with E-state index in [4.69, 9.17) is 4.74 Å². The second kappa shape index (κ2) is 6.78. The maximum absolute atomic E-state index is 12.6. The fourth-order valence-corrected chi connectivity index (χ4v) is 3.93. The number of sulfonamides is 1. The molecule has 8 nitrogen and oxygen atoms in total. The molecule has 3 rings (SSSR count). The van der Waals surface area contributed by atoms with Gasteiger partial charge in [0.1, 0.15) is 11.8 Å². The predicted molar refractivity (Wildman–Crippen MR) is 85.5 cm³/mol. The molecule has 1 aliphatic heterocycles. The molecule has 0 spiro atoms. The third-order valence-corrected chi connectivity index (χ3v) is 5.61. The highest BCUT2D eigenvalue weighted by atomic mass is 32.2. The molecule has 0 N–H and O–H groups in total. The lowest BCUT2D eigenvalue weighted by atomic mass is 10.2. The topological polar surface area (TPSA) is 103 Å². The van der Waals surface area contributed by atoms with E-state index in [2.05, 4.69) is 4.98 Å². The normalized spacial score (nSPS) is 16.0. The van der Waals surface area contributed by atoms with Gasteiger partial charge in [-0.2, -0.15) is 17.5 Å². The fourth-order valence-electron chi connectivity index (χ4n) is 2.39. The van der Waals surface area contributed by atoms with Gasteiger partial charge >= 0.3 is 6.18 Å². The van der Waals surface area contributed by atoms with Crippen molar-refractivity contribution in [3.05, 3.63) is 58.3 Å². The maximum Gasteiger partial charge on any atom is 0.433 e. The average molecular weight is 403 g/mol. The van der Waals surface area contributed by atoms with Crippen LogP contribution in [-0.2, 0) is 16.2 Å². The van der Waals surface area contributed by atoms with Crippen LogP contribution in [0.5, 0.6) is 5.88 Å². The van der Waals surface area contributed by atoms with Crippen LogP contribution in [-0.4, -0.2) is 41.8 Å². The molecule has 2 aromatic rings. The summed E-state index contributed by atoms with van der Waals surface area (Å²) in [5.74, 6) is -0.262. The molecular formula is C15H12F3N3O5S. The van der Waals surface area contributed by atoms with Crippen molar-refractivity contribution in [3.8, 4) is 5.88 Å². The van der Waals surface area contributed by atoms with Crippen LogP contribution < -0.4 is 4.74 Å². The zero-order valence-electron chi connectivity index (χ0n) is 13.5. The molecule has 12 heteroatoms. The molecule has 0 aliphatic carbocycles. The summed E-state index contributed by atoms with van der Waals surface area (Å²) < 4.78 is 69.1. The standard InChI is InChI=1S/C15H12F3N3O5S/c16-15(17,18)13-5-2-6-14(19-13)26-11-8-20(9-11)27(24,25)12-4-1-3-10(7-12)21(22)23/h1-7,11H,8-9H2. The van der Waals surface area contributed by atoms with Gasteiger partial charge in [-0.1, -0.05) is 12.1 Å². The van der Waals surface area contributed by atoms with E-state index in [1.165, 1.54) is 24.3 Å². The number of non-ortho nitro benzene ring substituents is 1. The first-order valence-electron chi connectivity index (χ1n) is 7.53. The number of halogens is 3. The molecule has 1 aromatic heterocycles. The number of alkyl halides is 3. The number of ether oxygens (including phenoxy) is 1. The van der Waals surface area contributed by atoms with Gasteiger partial charge in [0, 0.05) is 18.2 Å². The Labute approximate surface area is 151 Å². The van der Waals surface area contributed by atoms with Crippen molar-refractivity contribution in [2.75, 3.05) is 13.1 Å². The summed E-state index contributed by atoms with van der Waals surface area (Å²) >= 11 is 0. The lowest BCUT2D eigenvalue weighted by molar-refractivity contribution is -0.385. The molecule has 144 valence electrons. The first-order chi connectivity index (χ1) is 12.6. The van der Waals surface area contributed by atoms with E-state index in [0.717, 1.165) is 22.5 Å². The van der Waals surface area contributed by atoms with Crippen LogP contribution in [0.4, 0.5) is 18.9 Å². The Morgan fingerprint density at radius 3 is 2.48 bits per heavy atom. The highest BCUT2D eigenvalue weighted by Crippen LogP contribution is 2.30. The van der Waals surface area contributed by atoms with Crippen LogP contribution in [0, 0.1) is 10.1 Å². The number of hydrogen-bond acceptors (Lipinski definition) is 6. The van der Waals surface area contributed by atoms with Crippen molar-refractivity contribution in [1.29, 1.82) is 0 Å². The number of nitrogens with zero attached hydrogens (tertiary/aromatic N) is 3. The number of nitro benzene ring substituents is 1. The largest absolute Gasteiger partial charge is 0.472 e. The summed E-state index contributed by atoms with van der Waals surface area (Å²) in [7, 11) is -3.97. The maximum atomic E-state index is 12.6. The smallest absolute Gasteiger partial charge is 0.433 e. The van der Waals surface area contributed by atoms with Crippen LogP contribution in [0.1, 0.15) is 5.69 Å². The third kappa shape index (κ3) is 4.01. The van der Waals surface area contributed by atoms with Gasteiger partial charge in [0.15, 0.2) is 0 Å². The molecule has 1 fully saturated rings. The Balaban J connectivity index is 1.67. The Morgan fingerprint density at radius 2 is 1.85 bits per heavy atom. The number of nitro groups is 1. The Hall–Kier alpha value is -2.73. The van der Waals surface area contributed by atoms with Crippen molar-refractivity contribution >= 4 is 15.7 Å². The van der Waals surface area contributed by atoms with Crippen molar-refractivity contribution in [2.45, 2.75) is 17.2 Å². The molecule has 0 bridgehead atoms. The number of rotatable bonds is 5. The molecule has 0 saturated carbocycles. The molecule has 27 heavy (non-hydrogen) atoms. The van der Waals surface area contributed by atoms with E-state index in [0.29, 0.717) is 0 Å². The molecular weight excluding hydrogens is 391 g/mol. The minimum absolute atomic E-state index is 0.108. The van der Waals surface area contributed by atoms with E-state index >= 15 is 0 Å². The molecule has 0 radical (unpaired) electrons. The Bertz CT molecular complexity index is 975. The summed E-state index contributed by atoms with van der Waals surface area (Å²) in [6, 6.07) is 7.77. The molecule has 2 heterocycles. The SMILES string of the molecule is O=[N+]([O-])c1cccc(S(=O)(=O)N2CC(Oc3cccc(C(F)(F)F)n3)C2)c1. The molecule has 0 amide bonds. The van der Waals surface area contributed by atoms with Gasteiger partial charge in [-0.15, -0.1) is 0 Å². The van der Waals surface area contributed by atoms with Gasteiger partial charge in [-0.05, 0) is 12.1 Å². The van der Waals surface area contributed by atoms with Crippen molar-refractivity contribution < 1.29 is 31.2 Å². The summed E-state index contributed by atoms with van der Waals surface area (Å²) in [6.45, 7) is -0.216. The first kappa shape index (κ1) is 19.0. The number of hydrogen-bond donors (Lipinski definition) is 0. The minimum atomic E-state index is -4.61. The summed E-state index contributed by atoms with van der Waals surface area (Å²) in [4.78, 5) is 13.2. The Morgan fingerprint density at radius 1 is 1.19 bits per heavy atom. The summed E-state index contributed by atoms with van der Waals surface area (Å²) in [5, 5.41) is 10.8. The lowest BCUT2D eigenvalue weighted by Gasteiger charge is -2.37. The van der Waals surface area contributed by atoms with Gasteiger partial charge in [-0.25, -0.2) is 13.4 Å². The highest BCUT2D eigenvalue weighted by molar-refractivity contribution is 7.89. The summed E-state index contributed by atoms with van der Waals surface area (Å²) in [6.07, 6.45) is -5.29. The van der Waals surface area contributed by atoms with E-state index < -0.39 is 32.9 Å². The van der Waals surface area contributed by atoms with E-state index in [1.54, 1.807) is 0 Å². The minimum Gasteiger partial charge on any atom is -0.472 e. The van der Waals surface area contributed by atoms with Gasteiger partial charge < -0.3 is 4.74 Å². The zero-order valence-corrected chi connectivity index (χ0v) is 14.3. The second-order valence-electron chi connectivity index (χ2n) is 5.68. The summed E-state index contributed by atoms with van der Waals surface area (Å²) in [5.41, 5.74) is -1.47. The van der Waals surface area contributed by atoms with Gasteiger partial charge in [-0.3, -0.25) is 10.1 Å². The number of pyridine rings is 1. The van der Waals surface area contributed by atoms with E-state index in [-0.39, 0.29) is 29.6 Å². The monoisotopic (exact) mass is 403 g/mol. The third-order valence-electron chi connectivity index (χ3n) is 3.78. The molecule has 1 saturated heterocycles. The highest BCUT2D eigenvalue weighted by Gasteiger charge is 2.39. The molecule has 1 aromatic carbocycles. The van der Waals surface area contributed by atoms with Crippen LogP contribution in [0.3, 0.4) is 0 Å².